The molecule has 0 saturated heterocycles. The fourth-order valence-electron chi connectivity index (χ4n) is 6.57. The van der Waals surface area contributed by atoms with Gasteiger partial charge in [-0.25, -0.2) is 0 Å². The maximum absolute atomic E-state index is 14.3. The highest BCUT2D eigenvalue weighted by atomic mass is 35.5. The summed E-state index contributed by atoms with van der Waals surface area (Å²) in [6.07, 6.45) is 0.608. The van der Waals surface area contributed by atoms with Gasteiger partial charge in [0.2, 0.25) is 5.91 Å². The molecular formula is C37H42ClNO5SSi. The average molecular weight is 676 g/mol. The van der Waals surface area contributed by atoms with Crippen molar-refractivity contribution in [2.45, 2.75) is 48.6 Å². The first kappa shape index (κ1) is 34.1. The highest BCUT2D eigenvalue weighted by Gasteiger charge is 2.51. The molecule has 2 unspecified atom stereocenters. The lowest BCUT2D eigenvalue weighted by Crippen LogP contribution is -2.66. The zero-order chi connectivity index (χ0) is 33.0. The number of fused-ring (bicyclic) bond motifs is 1. The Kier molecular flexibility index (Phi) is 10.5. The molecule has 0 fully saturated rings. The van der Waals surface area contributed by atoms with Gasteiger partial charge in [0, 0.05) is 29.5 Å². The predicted octanol–water partition coefficient (Wildman–Crippen LogP) is 7.22. The van der Waals surface area contributed by atoms with E-state index in [-0.39, 0.29) is 29.2 Å². The number of carbonyl (C=O) groups excluding carboxylic acids is 1. The summed E-state index contributed by atoms with van der Waals surface area (Å²) in [5, 5.41) is 16.0. The van der Waals surface area contributed by atoms with Crippen LogP contribution in [0.4, 0.5) is 5.69 Å². The van der Waals surface area contributed by atoms with Crippen molar-refractivity contribution in [3.8, 4) is 11.5 Å². The van der Waals surface area contributed by atoms with Crippen LogP contribution >= 0.6 is 23.4 Å². The number of aliphatic hydroxyl groups excluding tert-OH is 1. The summed E-state index contributed by atoms with van der Waals surface area (Å²) in [6, 6.07) is 32.2. The molecule has 0 radical (unpaired) electrons. The highest BCUT2D eigenvalue weighted by molar-refractivity contribution is 8.01. The van der Waals surface area contributed by atoms with E-state index in [2.05, 4.69) is 74.6 Å². The van der Waals surface area contributed by atoms with E-state index in [0.29, 0.717) is 35.2 Å². The predicted molar refractivity (Wildman–Crippen MR) is 192 cm³/mol. The van der Waals surface area contributed by atoms with Crippen LogP contribution in [0, 0.1) is 0 Å². The molecule has 0 spiro atoms. The van der Waals surface area contributed by atoms with Crippen LogP contribution in [0.15, 0.2) is 97.1 Å². The minimum absolute atomic E-state index is 0.168. The molecule has 0 bridgehead atoms. The summed E-state index contributed by atoms with van der Waals surface area (Å²) in [5.74, 6) is 1.00. The average Bonchev–Trinajstić information content (AvgIpc) is 3.17. The Bertz CT molecular complexity index is 1610. The van der Waals surface area contributed by atoms with Crippen molar-refractivity contribution in [1.82, 2.24) is 0 Å². The number of thioether (sulfide) groups is 1. The molecule has 2 N–H and O–H groups in total. The van der Waals surface area contributed by atoms with Crippen molar-refractivity contribution in [3.63, 3.8) is 0 Å². The minimum Gasteiger partial charge on any atom is -0.493 e. The summed E-state index contributed by atoms with van der Waals surface area (Å²) in [7, 11) is 0.361. The van der Waals surface area contributed by atoms with Crippen LogP contribution in [-0.2, 0) is 9.22 Å². The number of benzene rings is 4. The van der Waals surface area contributed by atoms with Gasteiger partial charge in [-0.3, -0.25) is 4.79 Å². The van der Waals surface area contributed by atoms with Crippen LogP contribution in [0.3, 0.4) is 0 Å². The molecule has 5 rings (SSSR count). The number of ether oxygens (including phenoxy) is 2. The summed E-state index contributed by atoms with van der Waals surface area (Å²) in [4.78, 5) is 14.3. The van der Waals surface area contributed by atoms with Gasteiger partial charge in [-0.05, 0) is 58.1 Å². The number of hydrogen-bond acceptors (Lipinski definition) is 6. The maximum atomic E-state index is 14.3. The number of methoxy groups -OCH3 is 2. The van der Waals surface area contributed by atoms with Crippen molar-refractivity contribution in [1.29, 1.82) is 0 Å². The molecule has 0 saturated carbocycles. The maximum Gasteiger partial charge on any atom is 0.261 e. The number of rotatable bonds is 11. The normalized spacial score (nSPS) is 18.3. The molecule has 2 atom stereocenters. The topological polar surface area (TPSA) is 77.0 Å². The van der Waals surface area contributed by atoms with Crippen LogP contribution in [0.2, 0.25) is 10.1 Å². The smallest absolute Gasteiger partial charge is 0.261 e. The van der Waals surface area contributed by atoms with E-state index in [4.69, 9.17) is 25.5 Å². The molecular weight excluding hydrogens is 634 g/mol. The molecule has 1 aliphatic rings. The number of para-hydroxylation sites is 1. The summed E-state index contributed by atoms with van der Waals surface area (Å²) < 4.78 is 17.7. The molecule has 46 heavy (non-hydrogen) atoms. The first-order chi connectivity index (χ1) is 22.1. The Labute approximate surface area is 282 Å². The van der Waals surface area contributed by atoms with E-state index in [0.717, 1.165) is 11.1 Å². The number of anilines is 1. The van der Waals surface area contributed by atoms with Crippen LogP contribution in [0.25, 0.3) is 0 Å². The van der Waals surface area contributed by atoms with Crippen molar-refractivity contribution in [3.05, 3.63) is 113 Å². The molecule has 4 aromatic rings. The van der Waals surface area contributed by atoms with Crippen molar-refractivity contribution in [2.24, 2.45) is 0 Å². The third kappa shape index (κ3) is 6.46. The third-order valence-electron chi connectivity index (χ3n) is 8.77. The standard InChI is InChI=1S/C37H42ClNO5SSi/c1-36(2,3)46(27-13-8-6-9-14-27,28-15-10-7-11-16-28)44-24-22-37(21-23-40)35(41)39-31-20-19-26(38)25-30(31)34(45-37)29-17-12-18-32(42-4)33(29)43-5/h6-20,25,34,40H,21-24H2,1-5H3,(H,39,41). The van der Waals surface area contributed by atoms with Gasteiger partial charge >= 0.3 is 0 Å². The third-order valence-corrected chi connectivity index (χ3v) is 15.8. The van der Waals surface area contributed by atoms with E-state index < -0.39 is 13.1 Å². The largest absolute Gasteiger partial charge is 0.493 e. The molecule has 6 nitrogen and oxygen atoms in total. The molecule has 242 valence electrons. The zero-order valence-corrected chi connectivity index (χ0v) is 29.6. The fourth-order valence-corrected chi connectivity index (χ4v) is 13.0. The molecule has 1 aliphatic heterocycles. The Morgan fingerprint density at radius 1 is 0.870 bits per heavy atom. The number of amides is 1. The number of halogens is 1. The second-order valence-electron chi connectivity index (χ2n) is 12.5. The van der Waals surface area contributed by atoms with Gasteiger partial charge in [0.1, 0.15) is 0 Å². The van der Waals surface area contributed by atoms with E-state index in [9.17, 15) is 9.90 Å². The van der Waals surface area contributed by atoms with Crippen molar-refractivity contribution in [2.75, 3.05) is 32.8 Å². The van der Waals surface area contributed by atoms with E-state index in [1.165, 1.54) is 22.1 Å². The Balaban J connectivity index is 1.60. The number of aliphatic hydroxyl groups is 1. The zero-order valence-electron chi connectivity index (χ0n) is 27.0. The van der Waals surface area contributed by atoms with E-state index >= 15 is 0 Å². The molecule has 1 heterocycles. The van der Waals surface area contributed by atoms with Crippen molar-refractivity contribution < 1.29 is 23.8 Å². The Hall–Kier alpha value is -3.27. The first-order valence-corrected chi connectivity index (χ1v) is 18.6. The number of carbonyl (C=O) groups is 1. The Morgan fingerprint density at radius 3 is 2.09 bits per heavy atom. The molecule has 4 aromatic carbocycles. The molecule has 0 aliphatic carbocycles. The lowest BCUT2D eigenvalue weighted by Gasteiger charge is -2.44. The van der Waals surface area contributed by atoms with Crippen molar-refractivity contribution >= 4 is 53.6 Å². The summed E-state index contributed by atoms with van der Waals surface area (Å²) >= 11 is 8.05. The van der Waals surface area contributed by atoms with E-state index in [1.54, 1.807) is 20.3 Å². The van der Waals surface area contributed by atoms with Gasteiger partial charge in [0.15, 0.2) is 11.5 Å². The summed E-state index contributed by atoms with van der Waals surface area (Å²) in [6.45, 7) is 6.86. The molecule has 1 amide bonds. The lowest BCUT2D eigenvalue weighted by molar-refractivity contribution is -0.119. The van der Waals surface area contributed by atoms with E-state index in [1.807, 2.05) is 42.5 Å². The van der Waals surface area contributed by atoms with Crippen LogP contribution in [0.5, 0.6) is 11.5 Å². The van der Waals surface area contributed by atoms with Gasteiger partial charge in [-0.2, -0.15) is 0 Å². The minimum atomic E-state index is -2.86. The van der Waals surface area contributed by atoms with Gasteiger partial charge in [0.05, 0.1) is 24.2 Å². The first-order valence-electron chi connectivity index (χ1n) is 15.5. The fraction of sp³-hybridized carbons (Fsp3) is 0.324. The quantitative estimate of drug-likeness (QED) is 0.164. The van der Waals surface area contributed by atoms with Crippen LogP contribution < -0.4 is 25.2 Å². The second kappa shape index (κ2) is 14.2. The monoisotopic (exact) mass is 675 g/mol. The Morgan fingerprint density at radius 2 is 1.52 bits per heavy atom. The number of nitrogens with one attached hydrogen (secondary N) is 1. The van der Waals surface area contributed by atoms with Gasteiger partial charge in [0.25, 0.3) is 8.32 Å². The lowest BCUT2D eigenvalue weighted by atomic mass is 9.99. The van der Waals surface area contributed by atoms with Crippen LogP contribution in [0.1, 0.15) is 50.0 Å². The second-order valence-corrected chi connectivity index (χ2v) is 18.7. The number of hydrogen-bond donors (Lipinski definition) is 2. The molecule has 0 aromatic heterocycles. The van der Waals surface area contributed by atoms with Gasteiger partial charge < -0.3 is 24.3 Å². The summed E-state index contributed by atoms with van der Waals surface area (Å²) in [5.41, 5.74) is 2.37. The van der Waals surface area contributed by atoms with Gasteiger partial charge in [-0.1, -0.05) is 105 Å². The van der Waals surface area contributed by atoms with Gasteiger partial charge in [-0.15, -0.1) is 11.8 Å². The van der Waals surface area contributed by atoms with Crippen LogP contribution in [-0.4, -0.2) is 51.5 Å². The molecule has 9 heteroatoms. The SMILES string of the molecule is COc1cccc(C2SC(CCO)(CCO[Si](c3ccccc3)(c3ccccc3)C(C)(C)C)C(=O)Nc3ccc(Cl)cc32)c1OC. The highest BCUT2D eigenvalue weighted by Crippen LogP contribution is 2.54.